The molecule has 3 N–H and O–H groups in total. The molecule has 0 aliphatic heterocycles. The first-order chi connectivity index (χ1) is 12.2. The van der Waals surface area contributed by atoms with E-state index in [-0.39, 0.29) is 23.7 Å². The van der Waals surface area contributed by atoms with E-state index in [2.05, 4.69) is 20.0 Å². The minimum atomic E-state index is -4.80. The number of nitrogen functional groups attached to an aromatic ring is 1. The maximum Gasteiger partial charge on any atom is 0.573 e. The van der Waals surface area contributed by atoms with Crippen LogP contribution >= 0.6 is 0 Å². The first-order valence-electron chi connectivity index (χ1n) is 7.13. The predicted molar refractivity (Wildman–Crippen MR) is 85.2 cm³/mol. The molecule has 0 radical (unpaired) electrons. The van der Waals surface area contributed by atoms with Gasteiger partial charge in [0.05, 0.1) is 6.54 Å². The fourth-order valence-corrected chi connectivity index (χ4v) is 1.92. The van der Waals surface area contributed by atoms with Gasteiger partial charge in [-0.1, -0.05) is 0 Å². The minimum Gasteiger partial charge on any atom is -0.406 e. The molecule has 0 fully saturated rings. The molecule has 0 saturated carbocycles. The van der Waals surface area contributed by atoms with Gasteiger partial charge in [-0.15, -0.1) is 13.2 Å². The Kier molecular flexibility index (Phi) is 5.60. The third-order valence-corrected chi connectivity index (χ3v) is 3.03. The van der Waals surface area contributed by atoms with Gasteiger partial charge in [-0.05, 0) is 24.3 Å². The number of alkyl halides is 3. The summed E-state index contributed by atoms with van der Waals surface area (Å²) in [5.74, 6) is -1.64. The average Bonchev–Trinajstić information content (AvgIpc) is 2.55. The van der Waals surface area contributed by atoms with E-state index in [0.29, 0.717) is 0 Å². The van der Waals surface area contributed by atoms with Crippen LogP contribution in [-0.4, -0.2) is 46.6 Å². The molecule has 8 nitrogen and oxygen atoms in total. The molecule has 2 amide bonds. The number of aromatic nitrogens is 2. The van der Waals surface area contributed by atoms with Gasteiger partial charge in [0.25, 0.3) is 5.91 Å². The number of nitrogens with one attached hydrogen (secondary N) is 1. The van der Waals surface area contributed by atoms with Crippen molar-refractivity contribution >= 4 is 23.3 Å². The lowest BCUT2D eigenvalue weighted by atomic mass is 10.3. The van der Waals surface area contributed by atoms with Crippen molar-refractivity contribution in [2.75, 3.05) is 24.6 Å². The molecular weight excluding hydrogens is 355 g/mol. The van der Waals surface area contributed by atoms with Crippen LogP contribution in [-0.2, 0) is 4.79 Å². The molecule has 0 saturated heterocycles. The molecular formula is C15H14F3N5O3. The van der Waals surface area contributed by atoms with Gasteiger partial charge in [-0.2, -0.15) is 0 Å². The summed E-state index contributed by atoms with van der Waals surface area (Å²) in [5, 5.41) is 2.45. The zero-order valence-electron chi connectivity index (χ0n) is 13.4. The number of carbonyl (C=O) groups is 2. The SMILES string of the molecule is CN(CC(=O)Nc1ccc(OC(F)(F)F)cc1)C(=O)c1nccnc1N. The summed E-state index contributed by atoms with van der Waals surface area (Å²) >= 11 is 0. The number of benzene rings is 1. The quantitative estimate of drug-likeness (QED) is 0.830. The van der Waals surface area contributed by atoms with Crippen LogP contribution in [0.15, 0.2) is 36.7 Å². The molecule has 0 spiro atoms. The highest BCUT2D eigenvalue weighted by Gasteiger charge is 2.31. The Morgan fingerprint density at radius 2 is 1.81 bits per heavy atom. The predicted octanol–water partition coefficient (Wildman–Crippen LogP) is 1.67. The van der Waals surface area contributed by atoms with Gasteiger partial charge in [0.2, 0.25) is 5.91 Å². The smallest absolute Gasteiger partial charge is 0.406 e. The monoisotopic (exact) mass is 369 g/mol. The third-order valence-electron chi connectivity index (χ3n) is 3.03. The fourth-order valence-electron chi connectivity index (χ4n) is 1.92. The second kappa shape index (κ2) is 7.68. The molecule has 1 aromatic carbocycles. The minimum absolute atomic E-state index is 0.0648. The van der Waals surface area contributed by atoms with Crippen LogP contribution in [0.3, 0.4) is 0 Å². The molecule has 1 aromatic heterocycles. The van der Waals surface area contributed by atoms with Gasteiger partial charge in [-0.3, -0.25) is 9.59 Å². The van der Waals surface area contributed by atoms with Crippen molar-refractivity contribution in [3.05, 3.63) is 42.4 Å². The Morgan fingerprint density at radius 3 is 2.38 bits per heavy atom. The highest BCUT2D eigenvalue weighted by atomic mass is 19.4. The zero-order chi connectivity index (χ0) is 19.3. The molecule has 0 aliphatic carbocycles. The van der Waals surface area contributed by atoms with Gasteiger partial charge in [-0.25, -0.2) is 9.97 Å². The van der Waals surface area contributed by atoms with Gasteiger partial charge in [0.1, 0.15) is 5.75 Å². The van der Waals surface area contributed by atoms with Gasteiger partial charge in [0.15, 0.2) is 11.5 Å². The maximum absolute atomic E-state index is 12.2. The highest BCUT2D eigenvalue weighted by Crippen LogP contribution is 2.23. The van der Waals surface area contributed by atoms with Crippen LogP contribution in [0, 0.1) is 0 Å². The molecule has 138 valence electrons. The van der Waals surface area contributed by atoms with Gasteiger partial charge >= 0.3 is 6.36 Å². The number of hydrogen-bond donors (Lipinski definition) is 2. The number of rotatable bonds is 5. The first-order valence-corrected chi connectivity index (χ1v) is 7.13. The fraction of sp³-hybridized carbons (Fsp3) is 0.200. The standard InChI is InChI=1S/C15H14F3N5O3/c1-23(14(25)12-13(19)21-7-6-20-12)8-11(24)22-9-2-4-10(5-3-9)26-15(16,17)18/h2-7H,8H2,1H3,(H2,19,21)(H,22,24). The summed E-state index contributed by atoms with van der Waals surface area (Å²) in [6, 6.07) is 4.58. The van der Waals surface area contributed by atoms with Crippen LogP contribution in [0.1, 0.15) is 10.5 Å². The topological polar surface area (TPSA) is 110 Å². The van der Waals surface area contributed by atoms with Crippen molar-refractivity contribution in [1.29, 1.82) is 0 Å². The van der Waals surface area contributed by atoms with E-state index in [4.69, 9.17) is 5.73 Å². The van der Waals surface area contributed by atoms with Crippen LogP contribution < -0.4 is 15.8 Å². The number of amides is 2. The zero-order valence-corrected chi connectivity index (χ0v) is 13.4. The van der Waals surface area contributed by atoms with E-state index in [9.17, 15) is 22.8 Å². The van der Waals surface area contributed by atoms with Crippen LogP contribution in [0.2, 0.25) is 0 Å². The molecule has 1 heterocycles. The molecule has 0 unspecified atom stereocenters. The number of likely N-dealkylation sites (N-methyl/N-ethyl adjacent to an activating group) is 1. The Labute approximate surface area is 145 Å². The van der Waals surface area contributed by atoms with E-state index >= 15 is 0 Å². The molecule has 0 atom stereocenters. The second-order valence-electron chi connectivity index (χ2n) is 5.07. The Hall–Kier alpha value is -3.37. The number of hydrogen-bond acceptors (Lipinski definition) is 6. The van der Waals surface area contributed by atoms with E-state index in [1.807, 2.05) is 0 Å². The molecule has 2 aromatic rings. The summed E-state index contributed by atoms with van der Waals surface area (Å²) in [6.45, 7) is -0.324. The number of carbonyl (C=O) groups excluding carboxylic acids is 2. The lowest BCUT2D eigenvalue weighted by Crippen LogP contribution is -2.35. The largest absolute Gasteiger partial charge is 0.573 e. The lowest BCUT2D eigenvalue weighted by Gasteiger charge is -2.17. The second-order valence-corrected chi connectivity index (χ2v) is 5.07. The van der Waals surface area contributed by atoms with Crippen molar-refractivity contribution < 1.29 is 27.5 Å². The molecule has 0 aliphatic rings. The van der Waals surface area contributed by atoms with Crippen LogP contribution in [0.5, 0.6) is 5.75 Å². The van der Waals surface area contributed by atoms with E-state index < -0.39 is 23.9 Å². The van der Waals surface area contributed by atoms with Crippen molar-refractivity contribution in [1.82, 2.24) is 14.9 Å². The Balaban J connectivity index is 1.94. The van der Waals surface area contributed by atoms with Crippen molar-refractivity contribution in [2.45, 2.75) is 6.36 Å². The summed E-state index contributed by atoms with van der Waals surface area (Å²) < 4.78 is 40.0. The number of ether oxygens (including phenoxy) is 1. The average molecular weight is 369 g/mol. The number of anilines is 2. The Bertz CT molecular complexity index is 796. The number of nitrogens with two attached hydrogens (primary N) is 1. The van der Waals surface area contributed by atoms with Crippen molar-refractivity contribution in [2.24, 2.45) is 0 Å². The third kappa shape index (κ3) is 5.33. The van der Waals surface area contributed by atoms with Crippen LogP contribution in [0.25, 0.3) is 0 Å². The van der Waals surface area contributed by atoms with Gasteiger partial charge < -0.3 is 20.7 Å². The van der Waals surface area contributed by atoms with Crippen LogP contribution in [0.4, 0.5) is 24.7 Å². The molecule has 11 heteroatoms. The maximum atomic E-state index is 12.2. The first kappa shape index (κ1) is 19.0. The highest BCUT2D eigenvalue weighted by molar-refractivity contribution is 6.00. The van der Waals surface area contributed by atoms with Crippen molar-refractivity contribution in [3.8, 4) is 5.75 Å². The molecule has 2 rings (SSSR count). The number of nitrogens with zero attached hydrogens (tertiary/aromatic N) is 3. The number of halogens is 3. The van der Waals surface area contributed by atoms with Crippen molar-refractivity contribution in [3.63, 3.8) is 0 Å². The van der Waals surface area contributed by atoms with E-state index in [1.54, 1.807) is 0 Å². The Morgan fingerprint density at radius 1 is 1.19 bits per heavy atom. The summed E-state index contributed by atoms with van der Waals surface area (Å²) in [7, 11) is 1.37. The summed E-state index contributed by atoms with van der Waals surface area (Å²) in [5.41, 5.74) is 5.71. The molecule has 0 bridgehead atoms. The lowest BCUT2D eigenvalue weighted by molar-refractivity contribution is -0.274. The van der Waals surface area contributed by atoms with Gasteiger partial charge in [0, 0.05) is 25.1 Å². The summed E-state index contributed by atoms with van der Waals surface area (Å²) in [6.07, 6.45) is -2.18. The molecule has 26 heavy (non-hydrogen) atoms. The summed E-state index contributed by atoms with van der Waals surface area (Å²) in [4.78, 5) is 32.8. The van der Waals surface area contributed by atoms with E-state index in [1.165, 1.54) is 31.6 Å². The normalized spacial score (nSPS) is 10.9. The van der Waals surface area contributed by atoms with E-state index in [0.717, 1.165) is 17.0 Å².